The Kier molecular flexibility index (Phi) is 3.45. The van der Waals surface area contributed by atoms with E-state index in [0.717, 1.165) is 26.0 Å². The van der Waals surface area contributed by atoms with Crippen molar-refractivity contribution in [3.05, 3.63) is 54.6 Å². The van der Waals surface area contributed by atoms with Crippen LogP contribution in [0.25, 0.3) is 20.3 Å². The van der Waals surface area contributed by atoms with Gasteiger partial charge in [0.2, 0.25) is 0 Å². The van der Waals surface area contributed by atoms with Crippen LogP contribution in [0.1, 0.15) is 0 Å². The number of hydrogen-bond donors (Lipinski definition) is 0. The molecule has 4 heteroatoms. The van der Waals surface area contributed by atoms with E-state index < -0.39 is 0 Å². The summed E-state index contributed by atoms with van der Waals surface area (Å²) in [6.45, 7) is 0. The van der Waals surface area contributed by atoms with Gasteiger partial charge in [0.1, 0.15) is 0 Å². The second kappa shape index (κ2) is 5.39. The second-order valence-electron chi connectivity index (χ2n) is 4.01. The molecular weight excluding hydrogens is 303 g/mol. The van der Waals surface area contributed by atoms with E-state index in [1.54, 1.807) is 7.11 Å². The topological polar surface area (TPSA) is 35.0 Å². The van der Waals surface area contributed by atoms with Crippen LogP contribution in [0.4, 0.5) is 0 Å². The summed E-state index contributed by atoms with van der Waals surface area (Å²) in [5, 5.41) is 8.62. The van der Waals surface area contributed by atoms with Gasteiger partial charge in [-0.2, -0.15) is 0 Å². The van der Waals surface area contributed by atoms with Crippen LogP contribution in [-0.4, -0.2) is 31.8 Å². The molecule has 0 N–H and O–H groups in total. The van der Waals surface area contributed by atoms with Crippen molar-refractivity contribution < 1.29 is 4.74 Å². The molecule has 1 heterocycles. The third-order valence-corrected chi connectivity index (χ3v) is 4.93. The van der Waals surface area contributed by atoms with Crippen molar-refractivity contribution in [2.75, 3.05) is 7.11 Å². The molecule has 0 amide bonds. The Morgan fingerprint density at radius 1 is 0.789 bits per heavy atom. The van der Waals surface area contributed by atoms with Gasteiger partial charge in [-0.15, -0.1) is 0 Å². The molecule has 3 nitrogen and oxygen atoms in total. The monoisotopic (exact) mass is 316 g/mol. The Balaban J connectivity index is 1.92. The molecule has 0 fully saturated rings. The van der Waals surface area contributed by atoms with E-state index in [0.29, 0.717) is 0 Å². The first-order valence-electron chi connectivity index (χ1n) is 5.90. The van der Waals surface area contributed by atoms with E-state index in [9.17, 15) is 0 Å². The van der Waals surface area contributed by atoms with Crippen molar-refractivity contribution in [3.63, 3.8) is 0 Å². The number of benzene rings is 2. The fourth-order valence-electron chi connectivity index (χ4n) is 1.77. The zero-order valence-corrected chi connectivity index (χ0v) is 12.1. The second-order valence-corrected chi connectivity index (χ2v) is 6.06. The van der Waals surface area contributed by atoms with Crippen LogP contribution in [0, 0.1) is 0 Å². The van der Waals surface area contributed by atoms with Crippen LogP contribution in [0.2, 0.25) is 0 Å². The first-order chi connectivity index (χ1) is 9.36. The number of ether oxygens (including phenoxy) is 1. The van der Waals surface area contributed by atoms with Crippen LogP contribution in [0.5, 0.6) is 5.75 Å². The van der Waals surface area contributed by atoms with Gasteiger partial charge >= 0.3 is 117 Å². The van der Waals surface area contributed by atoms with Gasteiger partial charge in [-0.3, -0.25) is 0 Å². The first-order valence-corrected chi connectivity index (χ1v) is 7.61. The van der Waals surface area contributed by atoms with Crippen molar-refractivity contribution in [1.82, 2.24) is 10.2 Å². The predicted molar refractivity (Wildman–Crippen MR) is 76.4 cm³/mol. The molecule has 0 saturated carbocycles. The molecule has 0 aliphatic carbocycles. The van der Waals surface area contributed by atoms with Crippen molar-refractivity contribution in [3.8, 4) is 26.0 Å². The van der Waals surface area contributed by atoms with Gasteiger partial charge in [0.05, 0.1) is 0 Å². The Bertz CT molecular complexity index is 662. The summed E-state index contributed by atoms with van der Waals surface area (Å²) in [7, 11) is 1.67. The van der Waals surface area contributed by atoms with Gasteiger partial charge in [0.15, 0.2) is 0 Å². The third-order valence-electron chi connectivity index (χ3n) is 2.78. The summed E-state index contributed by atoms with van der Waals surface area (Å²) in [4.78, 5) is 0. The van der Waals surface area contributed by atoms with E-state index in [2.05, 4.69) is 22.3 Å². The number of nitrogens with zero attached hydrogens (tertiary/aromatic N) is 2. The minimum absolute atomic E-state index is 0.163. The van der Waals surface area contributed by atoms with Crippen LogP contribution < -0.4 is 4.74 Å². The molecule has 0 atom stereocenters. The average molecular weight is 315 g/mol. The van der Waals surface area contributed by atoms with Gasteiger partial charge in [-0.1, -0.05) is 0 Å². The van der Waals surface area contributed by atoms with Gasteiger partial charge in [-0.25, -0.2) is 0 Å². The molecule has 19 heavy (non-hydrogen) atoms. The van der Waals surface area contributed by atoms with Gasteiger partial charge < -0.3 is 0 Å². The Morgan fingerprint density at radius 2 is 1.37 bits per heavy atom. The quantitative estimate of drug-likeness (QED) is 0.697. The molecule has 0 spiro atoms. The number of methoxy groups -OCH3 is 1. The van der Waals surface area contributed by atoms with Crippen LogP contribution in [0.3, 0.4) is 0 Å². The SMILES string of the molecule is COc1ccc(-c2nnc(-c3ccccc3)[se]2)cc1. The summed E-state index contributed by atoms with van der Waals surface area (Å²) in [6, 6.07) is 18.2. The van der Waals surface area contributed by atoms with Crippen molar-refractivity contribution in [2.45, 2.75) is 0 Å². The van der Waals surface area contributed by atoms with Crippen molar-refractivity contribution >= 4 is 14.5 Å². The van der Waals surface area contributed by atoms with E-state index in [-0.39, 0.29) is 14.5 Å². The van der Waals surface area contributed by atoms with Crippen LogP contribution >= 0.6 is 0 Å². The Morgan fingerprint density at radius 3 is 1.95 bits per heavy atom. The fraction of sp³-hybridized carbons (Fsp3) is 0.0667. The number of aromatic nitrogens is 2. The Hall–Kier alpha value is -1.90. The molecule has 2 aromatic carbocycles. The summed E-state index contributed by atoms with van der Waals surface area (Å²) in [6.07, 6.45) is 0. The van der Waals surface area contributed by atoms with E-state index in [4.69, 9.17) is 4.74 Å². The molecule has 0 aliphatic rings. The first kappa shape index (κ1) is 12.1. The van der Waals surface area contributed by atoms with E-state index >= 15 is 0 Å². The molecule has 0 unspecified atom stereocenters. The molecule has 0 aliphatic heterocycles. The van der Waals surface area contributed by atoms with Crippen LogP contribution in [0.15, 0.2) is 54.6 Å². The third kappa shape index (κ3) is 2.60. The van der Waals surface area contributed by atoms with E-state index in [1.165, 1.54) is 0 Å². The molecule has 3 rings (SSSR count). The summed E-state index contributed by atoms with van der Waals surface area (Å²) < 4.78 is 7.31. The van der Waals surface area contributed by atoms with E-state index in [1.807, 2.05) is 42.5 Å². The van der Waals surface area contributed by atoms with Crippen molar-refractivity contribution in [2.24, 2.45) is 0 Å². The maximum atomic E-state index is 5.16. The van der Waals surface area contributed by atoms with Gasteiger partial charge in [0.25, 0.3) is 0 Å². The predicted octanol–water partition coefficient (Wildman–Crippen LogP) is 2.88. The zero-order chi connectivity index (χ0) is 13.1. The maximum absolute atomic E-state index is 5.16. The fourth-order valence-corrected chi connectivity index (χ4v) is 3.56. The normalized spacial score (nSPS) is 10.4. The summed E-state index contributed by atoms with van der Waals surface area (Å²) in [5.41, 5.74) is 2.28. The molecule has 3 aromatic rings. The Labute approximate surface area is 117 Å². The number of rotatable bonds is 3. The van der Waals surface area contributed by atoms with Crippen molar-refractivity contribution in [1.29, 1.82) is 0 Å². The molecular formula is C15H12N2OSe. The van der Waals surface area contributed by atoms with Gasteiger partial charge in [0, 0.05) is 0 Å². The standard InChI is InChI=1S/C15H12N2OSe/c1-18-13-9-7-12(8-10-13)15-17-16-14(19-15)11-5-3-2-4-6-11/h2-10H,1H3. The zero-order valence-electron chi connectivity index (χ0n) is 10.4. The van der Waals surface area contributed by atoms with Crippen LogP contribution in [-0.2, 0) is 0 Å². The molecule has 1 aromatic heterocycles. The molecule has 0 radical (unpaired) electrons. The summed E-state index contributed by atoms with van der Waals surface area (Å²) >= 11 is 0.163. The number of hydrogen-bond acceptors (Lipinski definition) is 3. The van der Waals surface area contributed by atoms with Gasteiger partial charge in [-0.05, 0) is 0 Å². The molecule has 0 bridgehead atoms. The summed E-state index contributed by atoms with van der Waals surface area (Å²) in [5.74, 6) is 0.860. The average Bonchev–Trinajstić information content (AvgIpc) is 2.98. The minimum atomic E-state index is 0.163. The molecule has 0 saturated heterocycles. The molecule has 94 valence electrons.